The number of para-hydroxylation sites is 1. The molecule has 0 aromatic heterocycles. The maximum atomic E-state index is 12.8. The molecule has 21 heavy (non-hydrogen) atoms. The first kappa shape index (κ1) is 14.0. The first-order chi connectivity index (χ1) is 10.2. The highest BCUT2D eigenvalue weighted by atomic mass is 35.5. The zero-order valence-corrected chi connectivity index (χ0v) is 12.4. The maximum Gasteiger partial charge on any atom is 0.256 e. The number of anilines is 1. The van der Waals surface area contributed by atoms with Gasteiger partial charge >= 0.3 is 0 Å². The van der Waals surface area contributed by atoms with Crippen LogP contribution in [0.5, 0.6) is 0 Å². The Labute approximate surface area is 129 Å². The van der Waals surface area contributed by atoms with Crippen molar-refractivity contribution in [2.45, 2.75) is 18.9 Å². The number of nitrogens with two attached hydrogens (primary N) is 1. The van der Waals surface area contributed by atoms with Crippen LogP contribution in [-0.4, -0.2) is 17.4 Å². The van der Waals surface area contributed by atoms with Crippen molar-refractivity contribution in [3.8, 4) is 0 Å². The fraction of sp³-hybridized carbons (Fsp3) is 0.235. The Morgan fingerprint density at radius 3 is 2.62 bits per heavy atom. The van der Waals surface area contributed by atoms with E-state index in [2.05, 4.69) is 0 Å². The van der Waals surface area contributed by atoms with Crippen molar-refractivity contribution in [3.05, 3.63) is 64.7 Å². The summed E-state index contributed by atoms with van der Waals surface area (Å²) in [7, 11) is 0. The van der Waals surface area contributed by atoms with E-state index in [1.807, 2.05) is 41.3 Å². The Morgan fingerprint density at radius 2 is 1.86 bits per heavy atom. The van der Waals surface area contributed by atoms with Gasteiger partial charge in [-0.1, -0.05) is 41.9 Å². The number of halogens is 1. The van der Waals surface area contributed by atoms with Crippen LogP contribution in [0.2, 0.25) is 5.02 Å². The summed E-state index contributed by atoms with van der Waals surface area (Å²) in [5, 5.41) is 0.711. The molecule has 1 heterocycles. The lowest BCUT2D eigenvalue weighted by molar-refractivity contribution is 0.0737. The van der Waals surface area contributed by atoms with Crippen molar-refractivity contribution >= 4 is 23.2 Å². The van der Waals surface area contributed by atoms with E-state index in [0.717, 1.165) is 24.9 Å². The van der Waals surface area contributed by atoms with Gasteiger partial charge in [-0.3, -0.25) is 4.79 Å². The zero-order chi connectivity index (χ0) is 14.8. The van der Waals surface area contributed by atoms with Gasteiger partial charge in [0.1, 0.15) is 0 Å². The van der Waals surface area contributed by atoms with Crippen LogP contribution in [0.25, 0.3) is 0 Å². The van der Waals surface area contributed by atoms with Crippen molar-refractivity contribution in [1.82, 2.24) is 4.90 Å². The van der Waals surface area contributed by atoms with Crippen LogP contribution in [0.1, 0.15) is 34.8 Å². The van der Waals surface area contributed by atoms with Crippen LogP contribution in [-0.2, 0) is 0 Å². The molecule has 4 heteroatoms. The van der Waals surface area contributed by atoms with E-state index in [1.165, 1.54) is 0 Å². The van der Waals surface area contributed by atoms with Crippen LogP contribution in [0.4, 0.5) is 5.69 Å². The third kappa shape index (κ3) is 2.61. The summed E-state index contributed by atoms with van der Waals surface area (Å²) >= 11 is 6.29. The van der Waals surface area contributed by atoms with E-state index in [1.54, 1.807) is 12.1 Å². The number of hydrogen-bond donors (Lipinski definition) is 1. The predicted octanol–water partition coefficient (Wildman–Crippen LogP) is 3.90. The number of carbonyl (C=O) groups is 1. The van der Waals surface area contributed by atoms with Gasteiger partial charge in [-0.05, 0) is 36.6 Å². The number of rotatable bonds is 2. The number of benzene rings is 2. The number of hydrogen-bond acceptors (Lipinski definition) is 2. The van der Waals surface area contributed by atoms with Crippen LogP contribution in [0, 0.1) is 0 Å². The molecule has 2 aromatic carbocycles. The molecular formula is C17H17ClN2O. The summed E-state index contributed by atoms with van der Waals surface area (Å²) in [6.07, 6.45) is 1.91. The van der Waals surface area contributed by atoms with E-state index in [0.29, 0.717) is 16.3 Å². The van der Waals surface area contributed by atoms with Crippen molar-refractivity contribution in [2.75, 3.05) is 12.3 Å². The minimum Gasteiger partial charge on any atom is -0.398 e. The number of nitrogens with zero attached hydrogens (tertiary/aromatic N) is 1. The van der Waals surface area contributed by atoms with Gasteiger partial charge in [-0.2, -0.15) is 0 Å². The summed E-state index contributed by atoms with van der Waals surface area (Å²) in [5.41, 5.74) is 8.03. The summed E-state index contributed by atoms with van der Waals surface area (Å²) in [4.78, 5) is 14.6. The van der Waals surface area contributed by atoms with Gasteiger partial charge in [-0.15, -0.1) is 0 Å². The highest BCUT2D eigenvalue weighted by Crippen LogP contribution is 2.36. The minimum absolute atomic E-state index is 0.0180. The fourth-order valence-corrected chi connectivity index (χ4v) is 3.19. The second-order valence-electron chi connectivity index (χ2n) is 5.27. The Balaban J connectivity index is 1.93. The van der Waals surface area contributed by atoms with E-state index in [4.69, 9.17) is 17.3 Å². The summed E-state index contributed by atoms with van der Waals surface area (Å²) in [6, 6.07) is 15.0. The molecule has 1 aliphatic rings. The van der Waals surface area contributed by atoms with Crippen LogP contribution in [0.3, 0.4) is 0 Å². The van der Waals surface area contributed by atoms with E-state index >= 15 is 0 Å². The number of carbonyl (C=O) groups excluding carboxylic acids is 1. The molecule has 1 fully saturated rings. The second-order valence-corrected chi connectivity index (χ2v) is 5.67. The lowest BCUT2D eigenvalue weighted by atomic mass is 10.0. The molecule has 1 atom stereocenters. The Kier molecular flexibility index (Phi) is 3.84. The fourth-order valence-electron chi connectivity index (χ4n) is 2.92. The average Bonchev–Trinajstić information content (AvgIpc) is 2.97. The molecule has 0 spiro atoms. The second kappa shape index (κ2) is 5.78. The summed E-state index contributed by atoms with van der Waals surface area (Å²) in [5.74, 6) is -0.0180. The van der Waals surface area contributed by atoms with Gasteiger partial charge in [0.2, 0.25) is 0 Å². The SMILES string of the molecule is Nc1ccccc1C(=O)N1CCCC1c1ccccc1Cl. The lowest BCUT2D eigenvalue weighted by Gasteiger charge is -2.26. The van der Waals surface area contributed by atoms with Crippen LogP contribution < -0.4 is 5.73 Å². The quantitative estimate of drug-likeness (QED) is 0.855. The van der Waals surface area contributed by atoms with E-state index in [9.17, 15) is 4.79 Å². The molecule has 0 aliphatic carbocycles. The van der Waals surface area contributed by atoms with Gasteiger partial charge in [0.15, 0.2) is 0 Å². The Hall–Kier alpha value is -2.00. The molecule has 0 saturated carbocycles. The normalized spacial score (nSPS) is 18.0. The third-order valence-electron chi connectivity index (χ3n) is 3.97. The van der Waals surface area contributed by atoms with E-state index in [-0.39, 0.29) is 11.9 Å². The third-order valence-corrected chi connectivity index (χ3v) is 4.31. The molecule has 1 saturated heterocycles. The first-order valence-corrected chi connectivity index (χ1v) is 7.46. The van der Waals surface area contributed by atoms with Crippen LogP contribution in [0.15, 0.2) is 48.5 Å². The molecule has 3 nitrogen and oxygen atoms in total. The Morgan fingerprint density at radius 1 is 1.14 bits per heavy atom. The molecule has 1 unspecified atom stereocenters. The smallest absolute Gasteiger partial charge is 0.256 e. The lowest BCUT2D eigenvalue weighted by Crippen LogP contribution is -2.31. The van der Waals surface area contributed by atoms with Gasteiger partial charge in [-0.25, -0.2) is 0 Å². The average molecular weight is 301 g/mol. The maximum absolute atomic E-state index is 12.8. The van der Waals surface area contributed by atoms with Gasteiger partial charge < -0.3 is 10.6 Å². The molecular weight excluding hydrogens is 284 g/mol. The summed E-state index contributed by atoms with van der Waals surface area (Å²) in [6.45, 7) is 0.739. The minimum atomic E-state index is -0.0180. The first-order valence-electron chi connectivity index (χ1n) is 7.08. The highest BCUT2D eigenvalue weighted by Gasteiger charge is 2.32. The summed E-state index contributed by atoms with van der Waals surface area (Å²) < 4.78 is 0. The number of likely N-dealkylation sites (tertiary alicyclic amines) is 1. The molecule has 1 aliphatic heterocycles. The highest BCUT2D eigenvalue weighted by molar-refractivity contribution is 6.31. The number of amides is 1. The molecule has 1 amide bonds. The zero-order valence-electron chi connectivity index (χ0n) is 11.6. The number of nitrogen functional groups attached to an aromatic ring is 1. The van der Waals surface area contributed by atoms with Crippen LogP contribution >= 0.6 is 11.6 Å². The molecule has 2 aromatic rings. The molecule has 3 rings (SSSR count). The Bertz CT molecular complexity index is 671. The molecule has 0 radical (unpaired) electrons. The standard InChI is InChI=1S/C17H17ClN2O/c18-14-8-3-1-6-12(14)16-10-5-11-20(16)17(21)13-7-2-4-9-15(13)19/h1-4,6-9,16H,5,10-11,19H2. The molecule has 108 valence electrons. The monoisotopic (exact) mass is 300 g/mol. The largest absolute Gasteiger partial charge is 0.398 e. The van der Waals surface area contributed by atoms with Gasteiger partial charge in [0, 0.05) is 17.3 Å². The molecule has 2 N–H and O–H groups in total. The van der Waals surface area contributed by atoms with E-state index < -0.39 is 0 Å². The molecule has 0 bridgehead atoms. The van der Waals surface area contributed by atoms with Gasteiger partial charge in [0.05, 0.1) is 11.6 Å². The topological polar surface area (TPSA) is 46.3 Å². The van der Waals surface area contributed by atoms with Crippen molar-refractivity contribution < 1.29 is 4.79 Å². The van der Waals surface area contributed by atoms with Gasteiger partial charge in [0.25, 0.3) is 5.91 Å². The van der Waals surface area contributed by atoms with Crippen molar-refractivity contribution in [3.63, 3.8) is 0 Å². The predicted molar refractivity (Wildman–Crippen MR) is 85.3 cm³/mol. The van der Waals surface area contributed by atoms with Crippen molar-refractivity contribution in [2.24, 2.45) is 0 Å². The van der Waals surface area contributed by atoms with Crippen molar-refractivity contribution in [1.29, 1.82) is 0 Å².